The number of ether oxygens (including phenoxy) is 1. The fourth-order valence-electron chi connectivity index (χ4n) is 2.80. The van der Waals surface area contributed by atoms with E-state index in [9.17, 15) is 18.0 Å². The van der Waals surface area contributed by atoms with Crippen LogP contribution in [0.15, 0.2) is 63.9 Å². The summed E-state index contributed by atoms with van der Waals surface area (Å²) in [5.41, 5.74) is 1.18. The molecule has 27 heavy (non-hydrogen) atoms. The minimum atomic E-state index is -1.23. The Morgan fingerprint density at radius 3 is 2.44 bits per heavy atom. The third-order valence-corrected chi connectivity index (χ3v) is 4.19. The van der Waals surface area contributed by atoms with Crippen molar-refractivity contribution in [3.63, 3.8) is 0 Å². The summed E-state index contributed by atoms with van der Waals surface area (Å²) in [5, 5.41) is 2.99. The Hall–Kier alpha value is -3.48. The molecule has 0 aliphatic rings. The zero-order valence-corrected chi connectivity index (χ0v) is 13.8. The van der Waals surface area contributed by atoms with Gasteiger partial charge in [-0.3, -0.25) is 0 Å². The lowest BCUT2D eigenvalue weighted by Gasteiger charge is -2.09. The van der Waals surface area contributed by atoms with Gasteiger partial charge in [0, 0.05) is 17.2 Å². The van der Waals surface area contributed by atoms with Crippen molar-refractivity contribution in [2.45, 2.75) is 6.61 Å². The lowest BCUT2D eigenvalue weighted by atomic mass is 10.0. The van der Waals surface area contributed by atoms with E-state index in [-0.39, 0.29) is 12.2 Å². The molecule has 4 nitrogen and oxygen atoms in total. The van der Waals surface area contributed by atoms with E-state index in [1.807, 2.05) is 0 Å². The smallest absolute Gasteiger partial charge is 0.365 e. The molecule has 1 aromatic heterocycles. The van der Waals surface area contributed by atoms with Crippen LogP contribution >= 0.6 is 0 Å². The molecular formula is C20H12F3NO3. The number of halogens is 3. The summed E-state index contributed by atoms with van der Waals surface area (Å²) in [6.07, 6.45) is 0. The molecule has 1 N–H and O–H groups in total. The van der Waals surface area contributed by atoms with Crippen LogP contribution < -0.4 is 10.4 Å². The maximum absolute atomic E-state index is 13.9. The van der Waals surface area contributed by atoms with E-state index in [1.54, 1.807) is 42.5 Å². The van der Waals surface area contributed by atoms with Crippen molar-refractivity contribution in [2.75, 3.05) is 0 Å². The number of rotatable bonds is 4. The molecule has 0 amide bonds. The molecule has 3 aromatic carbocycles. The third kappa shape index (κ3) is 3.19. The molecule has 136 valence electrons. The molecule has 0 fully saturated rings. The van der Waals surface area contributed by atoms with Crippen molar-refractivity contribution in [1.29, 1.82) is 0 Å². The van der Waals surface area contributed by atoms with Gasteiger partial charge in [0.1, 0.15) is 18.2 Å². The van der Waals surface area contributed by atoms with E-state index in [0.29, 0.717) is 28.3 Å². The molecule has 0 saturated heterocycles. The fraction of sp³-hybridized carbons (Fsp3) is 0.0500. The second-order valence-electron chi connectivity index (χ2n) is 5.89. The Balaban J connectivity index is 1.55. The topological polar surface area (TPSA) is 55.2 Å². The molecule has 0 aliphatic carbocycles. The summed E-state index contributed by atoms with van der Waals surface area (Å²) in [4.78, 5) is 11.5. The standard InChI is InChI=1S/C20H12F3NO3/c21-16-9-18(23)17(22)8-15(16)11-4-6-13(7-5-11)26-10-12-2-1-3-14-19(12)24-27-20(14)25/h1-9,24H,10H2. The normalized spacial score (nSPS) is 11.1. The highest BCUT2D eigenvalue weighted by Crippen LogP contribution is 2.27. The van der Waals surface area contributed by atoms with Crippen LogP contribution in [0, 0.1) is 17.5 Å². The molecule has 0 saturated carbocycles. The first kappa shape index (κ1) is 17.0. The molecular weight excluding hydrogens is 359 g/mol. The van der Waals surface area contributed by atoms with Crippen LogP contribution in [0.2, 0.25) is 0 Å². The van der Waals surface area contributed by atoms with Gasteiger partial charge < -0.3 is 9.26 Å². The van der Waals surface area contributed by atoms with E-state index in [4.69, 9.17) is 9.26 Å². The molecule has 7 heteroatoms. The molecule has 0 bridgehead atoms. The molecule has 1 heterocycles. The minimum Gasteiger partial charge on any atom is -0.489 e. The predicted molar refractivity (Wildman–Crippen MR) is 92.9 cm³/mol. The van der Waals surface area contributed by atoms with Gasteiger partial charge >= 0.3 is 5.63 Å². The van der Waals surface area contributed by atoms with Crippen LogP contribution in [0.1, 0.15) is 5.56 Å². The number of nitrogens with one attached hydrogen (secondary N) is 1. The Morgan fingerprint density at radius 2 is 1.67 bits per heavy atom. The van der Waals surface area contributed by atoms with Crippen molar-refractivity contribution in [3.05, 3.63) is 88.0 Å². The highest BCUT2D eigenvalue weighted by atomic mass is 19.2. The van der Waals surface area contributed by atoms with Crippen molar-refractivity contribution >= 4 is 10.9 Å². The summed E-state index contributed by atoms with van der Waals surface area (Å²) in [5.74, 6) is -2.71. The van der Waals surface area contributed by atoms with E-state index in [1.165, 1.54) is 0 Å². The van der Waals surface area contributed by atoms with E-state index in [2.05, 4.69) is 5.16 Å². The van der Waals surface area contributed by atoms with Gasteiger partial charge in [0.15, 0.2) is 11.6 Å². The first-order chi connectivity index (χ1) is 13.0. The van der Waals surface area contributed by atoms with E-state index in [0.717, 1.165) is 11.6 Å². The summed E-state index contributed by atoms with van der Waals surface area (Å²) >= 11 is 0. The molecule has 4 aromatic rings. The average molecular weight is 371 g/mol. The monoisotopic (exact) mass is 371 g/mol. The van der Waals surface area contributed by atoms with Crippen LogP contribution in [0.3, 0.4) is 0 Å². The second-order valence-corrected chi connectivity index (χ2v) is 5.89. The number of benzene rings is 3. The number of para-hydroxylation sites is 1. The van der Waals surface area contributed by atoms with Gasteiger partial charge in [-0.05, 0) is 29.8 Å². The van der Waals surface area contributed by atoms with E-state index < -0.39 is 23.1 Å². The van der Waals surface area contributed by atoms with Gasteiger partial charge in [-0.2, -0.15) is 0 Å². The SMILES string of the molecule is O=c1o[nH]c2c(COc3ccc(-c4cc(F)c(F)cc4F)cc3)cccc12. The average Bonchev–Trinajstić information content (AvgIpc) is 3.05. The largest absolute Gasteiger partial charge is 0.489 e. The highest BCUT2D eigenvalue weighted by molar-refractivity contribution is 5.80. The van der Waals surface area contributed by atoms with Crippen LogP contribution in [0.5, 0.6) is 5.75 Å². The summed E-state index contributed by atoms with van der Waals surface area (Å²) in [6, 6.07) is 12.8. The number of hydrogen-bond acceptors (Lipinski definition) is 3. The maximum atomic E-state index is 13.9. The maximum Gasteiger partial charge on any atom is 0.365 e. The number of aromatic nitrogens is 1. The zero-order valence-electron chi connectivity index (χ0n) is 13.8. The molecule has 0 atom stereocenters. The van der Waals surface area contributed by atoms with E-state index >= 15 is 0 Å². The zero-order chi connectivity index (χ0) is 19.0. The first-order valence-electron chi connectivity index (χ1n) is 8.00. The van der Waals surface area contributed by atoms with Gasteiger partial charge in [0.2, 0.25) is 0 Å². The third-order valence-electron chi connectivity index (χ3n) is 4.19. The van der Waals surface area contributed by atoms with Gasteiger partial charge in [-0.1, -0.05) is 24.3 Å². The lowest BCUT2D eigenvalue weighted by molar-refractivity contribution is 0.306. The predicted octanol–water partition coefficient (Wildman–Crippen LogP) is 4.78. The molecule has 4 rings (SSSR count). The van der Waals surface area contributed by atoms with Crippen LogP contribution in [0.25, 0.3) is 22.0 Å². The van der Waals surface area contributed by atoms with Gasteiger partial charge in [0.05, 0.1) is 10.9 Å². The first-order valence-corrected chi connectivity index (χ1v) is 8.00. The Bertz CT molecular complexity index is 1180. The van der Waals surface area contributed by atoms with Crippen LogP contribution in [-0.4, -0.2) is 5.16 Å². The fourth-order valence-corrected chi connectivity index (χ4v) is 2.80. The number of H-pyrrole nitrogens is 1. The lowest BCUT2D eigenvalue weighted by Crippen LogP contribution is -1.98. The Kier molecular flexibility index (Phi) is 4.19. The Morgan fingerprint density at radius 1 is 0.926 bits per heavy atom. The molecule has 0 spiro atoms. The molecule has 0 aliphatic heterocycles. The molecule has 0 radical (unpaired) electrons. The highest BCUT2D eigenvalue weighted by Gasteiger charge is 2.12. The molecule has 0 unspecified atom stereocenters. The van der Waals surface area contributed by atoms with Gasteiger partial charge in [-0.25, -0.2) is 23.1 Å². The van der Waals surface area contributed by atoms with Crippen molar-refractivity contribution in [3.8, 4) is 16.9 Å². The number of aromatic amines is 1. The quantitative estimate of drug-likeness (QED) is 0.525. The number of fused-ring (bicyclic) bond motifs is 1. The van der Waals surface area contributed by atoms with Crippen molar-refractivity contribution in [1.82, 2.24) is 5.16 Å². The van der Waals surface area contributed by atoms with Crippen LogP contribution in [0.4, 0.5) is 13.2 Å². The van der Waals surface area contributed by atoms with Crippen molar-refractivity contribution in [2.24, 2.45) is 0 Å². The van der Waals surface area contributed by atoms with Crippen molar-refractivity contribution < 1.29 is 22.4 Å². The summed E-state index contributed by atoms with van der Waals surface area (Å²) in [6.45, 7) is 0.172. The Labute approximate surface area is 150 Å². The van der Waals surface area contributed by atoms with Gasteiger partial charge in [0.25, 0.3) is 0 Å². The summed E-state index contributed by atoms with van der Waals surface area (Å²) in [7, 11) is 0. The van der Waals surface area contributed by atoms with Crippen LogP contribution in [-0.2, 0) is 6.61 Å². The number of hydrogen-bond donors (Lipinski definition) is 1. The summed E-state index contributed by atoms with van der Waals surface area (Å²) < 4.78 is 50.7. The minimum absolute atomic E-state index is 0.0406. The van der Waals surface area contributed by atoms with Gasteiger partial charge in [-0.15, -0.1) is 0 Å². The second kappa shape index (κ2) is 6.68.